The predicted octanol–water partition coefficient (Wildman–Crippen LogP) is -0.0185. The molecule has 0 fully saturated rings. The summed E-state index contributed by atoms with van der Waals surface area (Å²) in [6.45, 7) is 3.65. The molecule has 16 heavy (non-hydrogen) atoms. The van der Waals surface area contributed by atoms with Gasteiger partial charge in [-0.15, -0.1) is 0 Å². The van der Waals surface area contributed by atoms with Crippen molar-refractivity contribution < 1.29 is 4.79 Å². The summed E-state index contributed by atoms with van der Waals surface area (Å²) in [7, 11) is 0. The van der Waals surface area contributed by atoms with E-state index in [1.807, 2.05) is 0 Å². The van der Waals surface area contributed by atoms with E-state index < -0.39 is 0 Å². The van der Waals surface area contributed by atoms with Gasteiger partial charge in [-0.1, -0.05) is 12.7 Å². The Balaban J connectivity index is 3.22. The second-order valence-corrected chi connectivity index (χ2v) is 2.93. The molecule has 0 radical (unpaired) electrons. The summed E-state index contributed by atoms with van der Waals surface area (Å²) in [4.78, 5) is 10.4. The summed E-state index contributed by atoms with van der Waals surface area (Å²) in [5.41, 5.74) is 4.45. The molecule has 0 spiro atoms. The van der Waals surface area contributed by atoms with Crippen molar-refractivity contribution in [3.05, 3.63) is 35.9 Å². The smallest absolute Gasteiger partial charge is 0.211 e. The van der Waals surface area contributed by atoms with Crippen molar-refractivity contribution in [2.24, 2.45) is 16.8 Å². The van der Waals surface area contributed by atoms with E-state index in [4.69, 9.17) is 11.7 Å². The fourth-order valence-electron chi connectivity index (χ4n) is 1.25. The Bertz CT molecular complexity index is 427. The number of amidine groups is 1. The van der Waals surface area contributed by atoms with Gasteiger partial charge in [-0.2, -0.15) is 5.10 Å². The molecule has 1 aromatic rings. The molecule has 0 heterocycles. The highest BCUT2D eigenvalue weighted by Crippen LogP contribution is 2.15. The number of hydrogen-bond donors (Lipinski definition) is 4. The highest BCUT2D eigenvalue weighted by Gasteiger charge is 2.04. The Hall–Kier alpha value is -2.34. The van der Waals surface area contributed by atoms with E-state index in [1.165, 1.54) is 0 Å². The number of benzene rings is 1. The first-order chi connectivity index (χ1) is 7.74. The number of nitrogens with two attached hydrogens (primary N) is 2. The largest absolute Gasteiger partial charge is 0.329 e. The van der Waals surface area contributed by atoms with Crippen molar-refractivity contribution in [3.8, 4) is 0 Å². The van der Waals surface area contributed by atoms with Gasteiger partial charge in [-0.05, 0) is 23.8 Å². The van der Waals surface area contributed by atoms with Crippen LogP contribution in [0.25, 0.3) is 6.08 Å². The zero-order valence-corrected chi connectivity index (χ0v) is 8.60. The Labute approximate surface area is 93.0 Å². The lowest BCUT2D eigenvalue weighted by molar-refractivity contribution is -0.105. The molecule has 0 saturated carbocycles. The SMILES string of the molecule is C=Cc1cc(NC=O)cc(/C(=N/N)NN)c1. The number of amides is 1. The average molecular weight is 219 g/mol. The van der Waals surface area contributed by atoms with Gasteiger partial charge in [0.25, 0.3) is 0 Å². The topological polar surface area (TPSA) is 106 Å². The maximum absolute atomic E-state index is 10.4. The van der Waals surface area contributed by atoms with Gasteiger partial charge in [0.15, 0.2) is 5.84 Å². The molecular weight excluding hydrogens is 206 g/mol. The van der Waals surface area contributed by atoms with E-state index in [0.29, 0.717) is 23.5 Å². The van der Waals surface area contributed by atoms with Crippen LogP contribution in [0.5, 0.6) is 0 Å². The lowest BCUT2D eigenvalue weighted by atomic mass is 10.1. The van der Waals surface area contributed by atoms with Crippen LogP contribution >= 0.6 is 0 Å². The van der Waals surface area contributed by atoms with Crippen LogP contribution in [-0.2, 0) is 4.79 Å². The summed E-state index contributed by atoms with van der Waals surface area (Å²) in [6, 6.07) is 5.23. The number of rotatable bonds is 4. The van der Waals surface area contributed by atoms with Crippen molar-refractivity contribution in [3.63, 3.8) is 0 Å². The molecule has 0 atom stereocenters. The third-order valence-electron chi connectivity index (χ3n) is 1.96. The number of carbonyl (C=O) groups excluding carboxylic acids is 1. The maximum Gasteiger partial charge on any atom is 0.211 e. The van der Waals surface area contributed by atoms with E-state index in [-0.39, 0.29) is 0 Å². The number of hydrazine groups is 1. The minimum absolute atomic E-state index is 0.317. The van der Waals surface area contributed by atoms with E-state index >= 15 is 0 Å². The number of anilines is 1. The van der Waals surface area contributed by atoms with Gasteiger partial charge in [0.2, 0.25) is 6.41 Å². The van der Waals surface area contributed by atoms with Crippen LogP contribution in [0.15, 0.2) is 29.9 Å². The number of carbonyl (C=O) groups is 1. The van der Waals surface area contributed by atoms with Gasteiger partial charge in [0, 0.05) is 11.3 Å². The van der Waals surface area contributed by atoms with E-state index in [0.717, 1.165) is 5.56 Å². The molecule has 1 amide bonds. The second-order valence-electron chi connectivity index (χ2n) is 2.93. The number of hydrogen-bond acceptors (Lipinski definition) is 4. The minimum atomic E-state index is 0.317. The lowest BCUT2D eigenvalue weighted by Gasteiger charge is -2.08. The molecule has 0 unspecified atom stereocenters. The third kappa shape index (κ3) is 2.58. The first kappa shape index (κ1) is 11.7. The summed E-state index contributed by atoms with van der Waals surface area (Å²) < 4.78 is 0. The quantitative estimate of drug-likeness (QED) is 0.188. The molecule has 84 valence electrons. The van der Waals surface area contributed by atoms with Crippen LogP contribution in [0.4, 0.5) is 5.69 Å². The predicted molar refractivity (Wildman–Crippen MR) is 64.3 cm³/mol. The molecule has 6 nitrogen and oxygen atoms in total. The second kappa shape index (κ2) is 5.52. The lowest BCUT2D eigenvalue weighted by Crippen LogP contribution is -2.32. The molecular formula is C10H13N5O. The summed E-state index contributed by atoms with van der Waals surface area (Å²) in [6.07, 6.45) is 2.23. The van der Waals surface area contributed by atoms with Gasteiger partial charge in [-0.25, -0.2) is 5.84 Å². The molecule has 0 aliphatic heterocycles. The van der Waals surface area contributed by atoms with Crippen LogP contribution in [-0.4, -0.2) is 12.2 Å². The van der Waals surface area contributed by atoms with Gasteiger partial charge in [-0.3, -0.25) is 4.79 Å². The third-order valence-corrected chi connectivity index (χ3v) is 1.96. The standard InChI is InChI=1S/C10H13N5O/c1-2-7-3-8(10(14-11)15-12)5-9(4-7)13-6-16/h2-6H,1,11-12H2,(H,13,16)(H,14,15). The van der Waals surface area contributed by atoms with Crippen molar-refractivity contribution in [2.75, 3.05) is 5.32 Å². The van der Waals surface area contributed by atoms with Crippen molar-refractivity contribution in [1.82, 2.24) is 5.43 Å². The Kier molecular flexibility index (Phi) is 4.05. The number of nitrogens with zero attached hydrogens (tertiary/aromatic N) is 1. The van der Waals surface area contributed by atoms with Crippen molar-refractivity contribution >= 4 is 24.0 Å². The molecule has 0 saturated heterocycles. The molecule has 0 aliphatic carbocycles. The van der Waals surface area contributed by atoms with Gasteiger partial charge in [0.1, 0.15) is 0 Å². The van der Waals surface area contributed by atoms with Crippen molar-refractivity contribution in [1.29, 1.82) is 0 Å². The highest BCUT2D eigenvalue weighted by molar-refractivity contribution is 5.99. The Morgan fingerprint density at radius 3 is 2.69 bits per heavy atom. The molecule has 0 bridgehead atoms. The maximum atomic E-state index is 10.4. The molecule has 1 aromatic carbocycles. The fraction of sp³-hybridized carbons (Fsp3) is 0. The van der Waals surface area contributed by atoms with Gasteiger partial charge in [0.05, 0.1) is 0 Å². The number of nitrogens with one attached hydrogen (secondary N) is 2. The summed E-state index contributed by atoms with van der Waals surface area (Å²) >= 11 is 0. The Morgan fingerprint density at radius 2 is 2.19 bits per heavy atom. The van der Waals surface area contributed by atoms with Crippen molar-refractivity contribution in [2.45, 2.75) is 0 Å². The molecule has 0 aromatic heterocycles. The molecule has 0 aliphatic rings. The van der Waals surface area contributed by atoms with Crippen LogP contribution < -0.4 is 22.4 Å². The summed E-state index contributed by atoms with van der Waals surface area (Å²) in [5.74, 6) is 10.7. The van der Waals surface area contributed by atoms with E-state index in [1.54, 1.807) is 24.3 Å². The number of hydrazone groups is 1. The first-order valence-electron chi connectivity index (χ1n) is 4.47. The van der Waals surface area contributed by atoms with Crippen LogP contribution in [0.3, 0.4) is 0 Å². The normalized spacial score (nSPS) is 10.7. The monoisotopic (exact) mass is 219 g/mol. The van der Waals surface area contributed by atoms with E-state index in [2.05, 4.69) is 22.4 Å². The summed E-state index contributed by atoms with van der Waals surface area (Å²) in [5, 5.41) is 6.02. The molecule has 6 heteroatoms. The fourth-order valence-corrected chi connectivity index (χ4v) is 1.25. The zero-order valence-electron chi connectivity index (χ0n) is 8.60. The minimum Gasteiger partial charge on any atom is -0.329 e. The first-order valence-corrected chi connectivity index (χ1v) is 4.47. The van der Waals surface area contributed by atoms with Crippen LogP contribution in [0.1, 0.15) is 11.1 Å². The molecule has 6 N–H and O–H groups in total. The van der Waals surface area contributed by atoms with Gasteiger partial charge < -0.3 is 16.6 Å². The average Bonchev–Trinajstić information content (AvgIpc) is 2.31. The van der Waals surface area contributed by atoms with Crippen LogP contribution in [0.2, 0.25) is 0 Å². The zero-order chi connectivity index (χ0) is 12.0. The van der Waals surface area contributed by atoms with Gasteiger partial charge >= 0.3 is 0 Å². The molecule has 1 rings (SSSR count). The van der Waals surface area contributed by atoms with Crippen LogP contribution in [0, 0.1) is 0 Å². The van der Waals surface area contributed by atoms with E-state index in [9.17, 15) is 4.79 Å². The Morgan fingerprint density at radius 1 is 1.44 bits per heavy atom. The highest BCUT2D eigenvalue weighted by atomic mass is 16.1.